The molecule has 4 heteroatoms. The summed E-state index contributed by atoms with van der Waals surface area (Å²) in [7, 11) is 0. The first kappa shape index (κ1) is 16.4. The molecule has 0 saturated heterocycles. The first-order chi connectivity index (χ1) is 10.7. The van der Waals surface area contributed by atoms with E-state index < -0.39 is 0 Å². The van der Waals surface area contributed by atoms with E-state index in [1.54, 1.807) is 24.5 Å². The summed E-state index contributed by atoms with van der Waals surface area (Å²) < 4.78 is 19.1. The molecule has 0 aliphatic heterocycles. The van der Waals surface area contributed by atoms with Gasteiger partial charge in [0.2, 0.25) is 0 Å². The summed E-state index contributed by atoms with van der Waals surface area (Å²) in [6, 6.07) is 4.88. The average molecular weight is 302 g/mol. The van der Waals surface area contributed by atoms with Crippen LogP contribution in [0.3, 0.4) is 0 Å². The number of benzene rings is 1. The topological polar surface area (TPSA) is 35.0 Å². The molecular formula is C18H23FN2O. The summed E-state index contributed by atoms with van der Waals surface area (Å²) >= 11 is 0. The van der Waals surface area contributed by atoms with E-state index in [0.717, 1.165) is 18.5 Å². The molecule has 0 amide bonds. The minimum Gasteiger partial charge on any atom is -0.491 e. The quantitative estimate of drug-likeness (QED) is 0.657. The SMILES string of the molecule is CCCCCCc1cnc(-c2ccc(OCC)c(F)c2)cn1. The molecule has 0 N–H and O–H groups in total. The van der Waals surface area contributed by atoms with Gasteiger partial charge in [0.25, 0.3) is 0 Å². The summed E-state index contributed by atoms with van der Waals surface area (Å²) in [4.78, 5) is 8.82. The Morgan fingerprint density at radius 1 is 1.05 bits per heavy atom. The second kappa shape index (κ2) is 8.47. The fourth-order valence-electron chi connectivity index (χ4n) is 2.30. The summed E-state index contributed by atoms with van der Waals surface area (Å²) in [6.07, 6.45) is 9.30. The Balaban J connectivity index is 2.02. The third-order valence-corrected chi connectivity index (χ3v) is 3.52. The molecule has 0 aliphatic carbocycles. The van der Waals surface area contributed by atoms with Crippen molar-refractivity contribution in [3.63, 3.8) is 0 Å². The van der Waals surface area contributed by atoms with Gasteiger partial charge in [0.05, 0.1) is 24.2 Å². The van der Waals surface area contributed by atoms with Gasteiger partial charge in [-0.2, -0.15) is 0 Å². The van der Waals surface area contributed by atoms with Crippen molar-refractivity contribution in [1.82, 2.24) is 9.97 Å². The van der Waals surface area contributed by atoms with Crippen LogP contribution in [0.15, 0.2) is 30.6 Å². The highest BCUT2D eigenvalue weighted by atomic mass is 19.1. The Hall–Kier alpha value is -1.97. The molecule has 0 aliphatic rings. The van der Waals surface area contributed by atoms with Crippen molar-refractivity contribution in [3.05, 3.63) is 42.1 Å². The number of nitrogens with zero attached hydrogens (tertiary/aromatic N) is 2. The monoisotopic (exact) mass is 302 g/mol. The summed E-state index contributed by atoms with van der Waals surface area (Å²) in [5, 5.41) is 0. The summed E-state index contributed by atoms with van der Waals surface area (Å²) in [5.41, 5.74) is 2.39. The minimum atomic E-state index is -0.371. The summed E-state index contributed by atoms with van der Waals surface area (Å²) in [6.45, 7) is 4.48. The number of halogens is 1. The van der Waals surface area contributed by atoms with Crippen LogP contribution < -0.4 is 4.74 Å². The Labute approximate surface area is 131 Å². The zero-order valence-electron chi connectivity index (χ0n) is 13.3. The van der Waals surface area contributed by atoms with Crippen LogP contribution in [0.5, 0.6) is 5.75 Å². The van der Waals surface area contributed by atoms with E-state index in [-0.39, 0.29) is 11.6 Å². The number of hydrogen-bond donors (Lipinski definition) is 0. The zero-order chi connectivity index (χ0) is 15.8. The van der Waals surface area contributed by atoms with Crippen molar-refractivity contribution < 1.29 is 9.13 Å². The number of hydrogen-bond acceptors (Lipinski definition) is 3. The molecule has 1 aromatic carbocycles. The van der Waals surface area contributed by atoms with Gasteiger partial charge in [-0.1, -0.05) is 26.2 Å². The Morgan fingerprint density at radius 3 is 2.55 bits per heavy atom. The lowest BCUT2D eigenvalue weighted by atomic mass is 10.1. The van der Waals surface area contributed by atoms with Crippen LogP contribution in [0.25, 0.3) is 11.3 Å². The molecule has 1 aromatic heterocycles. The molecule has 0 radical (unpaired) electrons. The molecule has 0 fully saturated rings. The van der Waals surface area contributed by atoms with Crippen molar-refractivity contribution in [2.45, 2.75) is 46.0 Å². The Bertz CT molecular complexity index is 584. The molecule has 118 valence electrons. The highest BCUT2D eigenvalue weighted by molar-refractivity contribution is 5.59. The predicted octanol–water partition coefficient (Wildman–Crippen LogP) is 4.80. The van der Waals surface area contributed by atoms with Crippen LogP contribution >= 0.6 is 0 Å². The zero-order valence-corrected chi connectivity index (χ0v) is 13.3. The van der Waals surface area contributed by atoms with Crippen molar-refractivity contribution in [3.8, 4) is 17.0 Å². The summed E-state index contributed by atoms with van der Waals surface area (Å²) in [5.74, 6) is -0.100. The Morgan fingerprint density at radius 2 is 1.91 bits per heavy atom. The number of aryl methyl sites for hydroxylation is 1. The van der Waals surface area contributed by atoms with E-state index in [1.165, 1.54) is 25.3 Å². The van der Waals surface area contributed by atoms with Crippen LogP contribution in [0, 0.1) is 5.82 Å². The molecule has 2 aromatic rings. The molecule has 2 rings (SSSR count). The largest absolute Gasteiger partial charge is 0.491 e. The standard InChI is InChI=1S/C18H23FN2O/c1-3-5-6-7-8-15-12-21-17(13-20-15)14-9-10-18(22-4-2)16(19)11-14/h9-13H,3-8H2,1-2H3. The van der Waals surface area contributed by atoms with Crippen LogP contribution in [-0.2, 0) is 6.42 Å². The first-order valence-corrected chi connectivity index (χ1v) is 7.98. The van der Waals surface area contributed by atoms with Crippen molar-refractivity contribution in [2.24, 2.45) is 0 Å². The van der Waals surface area contributed by atoms with Crippen molar-refractivity contribution in [1.29, 1.82) is 0 Å². The molecule has 0 spiro atoms. The third-order valence-electron chi connectivity index (χ3n) is 3.52. The smallest absolute Gasteiger partial charge is 0.165 e. The van der Waals surface area contributed by atoms with E-state index in [9.17, 15) is 4.39 Å². The number of ether oxygens (including phenoxy) is 1. The fraction of sp³-hybridized carbons (Fsp3) is 0.444. The second-order valence-electron chi connectivity index (χ2n) is 5.28. The highest BCUT2D eigenvalue weighted by Crippen LogP contribution is 2.24. The normalized spacial score (nSPS) is 10.7. The number of unbranched alkanes of at least 4 members (excludes halogenated alkanes) is 3. The van der Waals surface area contributed by atoms with Gasteiger partial charge < -0.3 is 4.74 Å². The van der Waals surface area contributed by atoms with Crippen molar-refractivity contribution in [2.75, 3.05) is 6.61 Å². The number of aromatic nitrogens is 2. The van der Waals surface area contributed by atoms with E-state index in [4.69, 9.17) is 4.74 Å². The predicted molar refractivity (Wildman–Crippen MR) is 86.4 cm³/mol. The van der Waals surface area contributed by atoms with Crippen LogP contribution in [0.1, 0.15) is 45.2 Å². The van der Waals surface area contributed by atoms with E-state index in [2.05, 4.69) is 16.9 Å². The van der Waals surface area contributed by atoms with Gasteiger partial charge in [-0.3, -0.25) is 9.97 Å². The first-order valence-electron chi connectivity index (χ1n) is 7.98. The molecule has 0 unspecified atom stereocenters. The maximum Gasteiger partial charge on any atom is 0.165 e. The minimum absolute atomic E-state index is 0.270. The lowest BCUT2D eigenvalue weighted by Gasteiger charge is -2.07. The van der Waals surface area contributed by atoms with Gasteiger partial charge in [0.15, 0.2) is 11.6 Å². The third kappa shape index (κ3) is 4.52. The van der Waals surface area contributed by atoms with E-state index in [0.29, 0.717) is 17.9 Å². The van der Waals surface area contributed by atoms with Gasteiger partial charge in [-0.15, -0.1) is 0 Å². The maximum absolute atomic E-state index is 13.9. The fourth-order valence-corrected chi connectivity index (χ4v) is 2.30. The molecule has 0 atom stereocenters. The van der Waals surface area contributed by atoms with Crippen LogP contribution in [0.2, 0.25) is 0 Å². The van der Waals surface area contributed by atoms with Crippen molar-refractivity contribution >= 4 is 0 Å². The highest BCUT2D eigenvalue weighted by Gasteiger charge is 2.07. The van der Waals surface area contributed by atoms with E-state index in [1.807, 2.05) is 6.92 Å². The van der Waals surface area contributed by atoms with Gasteiger partial charge in [0, 0.05) is 11.8 Å². The van der Waals surface area contributed by atoms with Crippen LogP contribution in [-0.4, -0.2) is 16.6 Å². The molecule has 0 bridgehead atoms. The Kier molecular flexibility index (Phi) is 6.31. The lowest BCUT2D eigenvalue weighted by Crippen LogP contribution is -1.96. The average Bonchev–Trinajstić information content (AvgIpc) is 2.54. The van der Waals surface area contributed by atoms with E-state index >= 15 is 0 Å². The molecule has 1 heterocycles. The molecule has 22 heavy (non-hydrogen) atoms. The number of rotatable bonds is 8. The second-order valence-corrected chi connectivity index (χ2v) is 5.28. The van der Waals surface area contributed by atoms with Gasteiger partial charge >= 0.3 is 0 Å². The molecule has 0 saturated carbocycles. The van der Waals surface area contributed by atoms with Gasteiger partial charge in [-0.05, 0) is 38.0 Å². The molecule has 3 nitrogen and oxygen atoms in total. The molecular weight excluding hydrogens is 279 g/mol. The van der Waals surface area contributed by atoms with Gasteiger partial charge in [0.1, 0.15) is 0 Å². The van der Waals surface area contributed by atoms with Gasteiger partial charge in [-0.25, -0.2) is 4.39 Å². The maximum atomic E-state index is 13.9. The van der Waals surface area contributed by atoms with Crippen LogP contribution in [0.4, 0.5) is 4.39 Å². The lowest BCUT2D eigenvalue weighted by molar-refractivity contribution is 0.321.